The van der Waals surface area contributed by atoms with Crippen molar-refractivity contribution < 1.29 is 14.3 Å². The summed E-state index contributed by atoms with van der Waals surface area (Å²) in [4.78, 5) is 25.5. The first-order valence-corrected chi connectivity index (χ1v) is 7.77. The van der Waals surface area contributed by atoms with E-state index in [0.29, 0.717) is 0 Å². The zero-order valence-electron chi connectivity index (χ0n) is 13.6. The zero-order valence-corrected chi connectivity index (χ0v) is 13.6. The van der Waals surface area contributed by atoms with Gasteiger partial charge in [-0.15, -0.1) is 0 Å². The molecule has 0 aromatic heterocycles. The molecule has 0 aliphatic carbocycles. The van der Waals surface area contributed by atoms with Gasteiger partial charge in [-0.3, -0.25) is 14.9 Å². The Bertz CT molecular complexity index is 527. The second-order valence-corrected chi connectivity index (χ2v) is 5.41. The third-order valence-electron chi connectivity index (χ3n) is 3.75. The van der Waals surface area contributed by atoms with Crippen LogP contribution in [0.15, 0.2) is 24.3 Å². The molecule has 2 amide bonds. The molecule has 1 atom stereocenters. The van der Waals surface area contributed by atoms with Gasteiger partial charge in [0.2, 0.25) is 11.8 Å². The summed E-state index contributed by atoms with van der Waals surface area (Å²) >= 11 is 0. The first kappa shape index (κ1) is 17.2. The van der Waals surface area contributed by atoms with E-state index in [1.807, 2.05) is 24.3 Å². The molecule has 0 spiro atoms. The van der Waals surface area contributed by atoms with E-state index in [1.54, 1.807) is 14.0 Å². The molecule has 0 saturated carbocycles. The highest BCUT2D eigenvalue weighted by molar-refractivity contribution is 5.95. The van der Waals surface area contributed by atoms with Crippen molar-refractivity contribution in [1.29, 1.82) is 0 Å². The zero-order chi connectivity index (χ0) is 16.7. The second kappa shape index (κ2) is 8.50. The number of nitrogens with zero attached hydrogens (tertiary/aromatic N) is 1. The summed E-state index contributed by atoms with van der Waals surface area (Å²) in [5.74, 6) is -0.326. The van der Waals surface area contributed by atoms with Crippen LogP contribution in [0, 0.1) is 0 Å². The Kier molecular flexibility index (Phi) is 6.37. The third-order valence-corrected chi connectivity index (χ3v) is 3.75. The molecule has 23 heavy (non-hydrogen) atoms. The van der Waals surface area contributed by atoms with E-state index in [0.717, 1.165) is 37.7 Å². The fraction of sp³-hybridized carbons (Fsp3) is 0.500. The molecule has 1 aromatic rings. The van der Waals surface area contributed by atoms with E-state index >= 15 is 0 Å². The largest absolute Gasteiger partial charge is 0.378 e. The van der Waals surface area contributed by atoms with Crippen LogP contribution < -0.4 is 20.9 Å². The summed E-state index contributed by atoms with van der Waals surface area (Å²) in [6.45, 7) is 5.08. The Hall–Kier alpha value is -2.12. The van der Waals surface area contributed by atoms with Crippen LogP contribution in [0.1, 0.15) is 6.92 Å². The molecule has 2 rings (SSSR count). The average molecular weight is 320 g/mol. The molecule has 0 radical (unpaired) electrons. The standard InChI is InChI=1S/C16H24N4O3/c1-12(18-11-15(21)17-2)16(22)19-13-3-5-14(6-4-13)20-7-9-23-10-8-20/h3-6,12,18H,7-11H2,1-2H3,(H,17,21)(H,19,22)/t12-/m1/s1. The van der Waals surface area contributed by atoms with Crippen molar-refractivity contribution in [3.8, 4) is 0 Å². The number of nitrogens with one attached hydrogen (secondary N) is 3. The highest BCUT2D eigenvalue weighted by atomic mass is 16.5. The lowest BCUT2D eigenvalue weighted by Gasteiger charge is -2.29. The van der Waals surface area contributed by atoms with Gasteiger partial charge in [-0.25, -0.2) is 0 Å². The third kappa shape index (κ3) is 5.22. The van der Waals surface area contributed by atoms with Crippen molar-refractivity contribution >= 4 is 23.2 Å². The predicted molar refractivity (Wildman–Crippen MR) is 89.6 cm³/mol. The number of carbonyl (C=O) groups excluding carboxylic acids is 2. The van der Waals surface area contributed by atoms with E-state index in [4.69, 9.17) is 4.74 Å². The lowest BCUT2D eigenvalue weighted by Crippen LogP contribution is -2.42. The lowest BCUT2D eigenvalue weighted by atomic mass is 10.2. The number of amides is 2. The molecule has 1 aliphatic rings. The summed E-state index contributed by atoms with van der Waals surface area (Å²) in [7, 11) is 1.56. The number of morpholine rings is 1. The molecule has 1 aromatic carbocycles. The minimum atomic E-state index is -0.453. The minimum Gasteiger partial charge on any atom is -0.378 e. The fourth-order valence-corrected chi connectivity index (χ4v) is 2.25. The van der Waals surface area contributed by atoms with Crippen molar-refractivity contribution in [2.24, 2.45) is 0 Å². The number of carbonyl (C=O) groups is 2. The van der Waals surface area contributed by atoms with Gasteiger partial charge in [0, 0.05) is 31.5 Å². The molecule has 0 unspecified atom stereocenters. The van der Waals surface area contributed by atoms with E-state index in [1.165, 1.54) is 0 Å². The summed E-state index contributed by atoms with van der Waals surface area (Å²) in [5.41, 5.74) is 1.86. The Morgan fingerprint density at radius 3 is 2.48 bits per heavy atom. The van der Waals surface area contributed by atoms with Crippen LogP contribution in [0.4, 0.5) is 11.4 Å². The van der Waals surface area contributed by atoms with Crippen LogP contribution in [-0.4, -0.2) is 57.8 Å². The monoisotopic (exact) mass is 320 g/mol. The minimum absolute atomic E-state index is 0.112. The first-order chi connectivity index (χ1) is 11.1. The Morgan fingerprint density at radius 2 is 1.87 bits per heavy atom. The summed E-state index contributed by atoms with van der Waals surface area (Å²) in [6.07, 6.45) is 0. The molecule has 126 valence electrons. The second-order valence-electron chi connectivity index (χ2n) is 5.41. The SMILES string of the molecule is CNC(=O)CN[C@H](C)C(=O)Nc1ccc(N2CCOCC2)cc1. The fourth-order valence-electron chi connectivity index (χ4n) is 2.25. The summed E-state index contributed by atoms with van der Waals surface area (Å²) in [6, 6.07) is 7.29. The normalized spacial score (nSPS) is 15.8. The summed E-state index contributed by atoms with van der Waals surface area (Å²) < 4.78 is 5.34. The summed E-state index contributed by atoms with van der Waals surface area (Å²) in [5, 5.41) is 8.21. The van der Waals surface area contributed by atoms with E-state index < -0.39 is 6.04 Å². The highest BCUT2D eigenvalue weighted by Crippen LogP contribution is 2.19. The van der Waals surface area contributed by atoms with E-state index in [-0.39, 0.29) is 18.4 Å². The molecule has 1 saturated heterocycles. The van der Waals surface area contributed by atoms with Crippen LogP contribution in [0.2, 0.25) is 0 Å². The molecular weight excluding hydrogens is 296 g/mol. The van der Waals surface area contributed by atoms with Crippen molar-refractivity contribution in [3.63, 3.8) is 0 Å². The molecule has 0 bridgehead atoms. The number of benzene rings is 1. The molecule has 3 N–H and O–H groups in total. The number of hydrogen-bond acceptors (Lipinski definition) is 5. The van der Waals surface area contributed by atoms with E-state index in [2.05, 4.69) is 20.9 Å². The van der Waals surface area contributed by atoms with Crippen LogP contribution in [0.3, 0.4) is 0 Å². The van der Waals surface area contributed by atoms with Crippen LogP contribution in [0.25, 0.3) is 0 Å². The smallest absolute Gasteiger partial charge is 0.241 e. The predicted octanol–water partition coefficient (Wildman–Crippen LogP) is 0.186. The van der Waals surface area contributed by atoms with E-state index in [9.17, 15) is 9.59 Å². The Balaban J connectivity index is 1.84. The first-order valence-electron chi connectivity index (χ1n) is 7.77. The molecule has 1 aliphatic heterocycles. The number of hydrogen-bond donors (Lipinski definition) is 3. The van der Waals surface area contributed by atoms with Gasteiger partial charge in [-0.1, -0.05) is 0 Å². The Labute approximate surface area is 136 Å². The molecule has 1 fully saturated rings. The number of ether oxygens (including phenoxy) is 1. The topological polar surface area (TPSA) is 82.7 Å². The molecular formula is C16H24N4O3. The van der Waals surface area contributed by atoms with Gasteiger partial charge in [0.1, 0.15) is 0 Å². The number of likely N-dealkylation sites (N-methyl/N-ethyl adjacent to an activating group) is 1. The van der Waals surface area contributed by atoms with Crippen molar-refractivity contribution in [1.82, 2.24) is 10.6 Å². The van der Waals surface area contributed by atoms with Crippen molar-refractivity contribution in [3.05, 3.63) is 24.3 Å². The van der Waals surface area contributed by atoms with Gasteiger partial charge < -0.3 is 20.3 Å². The van der Waals surface area contributed by atoms with Gasteiger partial charge in [0.05, 0.1) is 25.8 Å². The maximum atomic E-state index is 12.1. The number of anilines is 2. The van der Waals surface area contributed by atoms with Gasteiger partial charge in [-0.2, -0.15) is 0 Å². The highest BCUT2D eigenvalue weighted by Gasteiger charge is 2.14. The maximum absolute atomic E-state index is 12.1. The van der Waals surface area contributed by atoms with Gasteiger partial charge in [-0.05, 0) is 31.2 Å². The van der Waals surface area contributed by atoms with Crippen LogP contribution >= 0.6 is 0 Å². The average Bonchev–Trinajstić information content (AvgIpc) is 2.60. The maximum Gasteiger partial charge on any atom is 0.241 e. The lowest BCUT2D eigenvalue weighted by molar-refractivity contribution is -0.120. The van der Waals surface area contributed by atoms with Gasteiger partial charge >= 0.3 is 0 Å². The quantitative estimate of drug-likeness (QED) is 0.697. The Morgan fingerprint density at radius 1 is 1.22 bits per heavy atom. The molecule has 1 heterocycles. The van der Waals surface area contributed by atoms with Crippen molar-refractivity contribution in [2.45, 2.75) is 13.0 Å². The van der Waals surface area contributed by atoms with Gasteiger partial charge in [0.15, 0.2) is 0 Å². The molecule has 7 heteroatoms. The number of rotatable bonds is 6. The van der Waals surface area contributed by atoms with Gasteiger partial charge in [0.25, 0.3) is 0 Å². The molecule has 7 nitrogen and oxygen atoms in total. The van der Waals surface area contributed by atoms with Crippen LogP contribution in [-0.2, 0) is 14.3 Å². The van der Waals surface area contributed by atoms with Crippen LogP contribution in [0.5, 0.6) is 0 Å². The van der Waals surface area contributed by atoms with Crippen molar-refractivity contribution in [2.75, 3.05) is 50.1 Å².